The molecule has 0 fully saturated rings. The van der Waals surface area contributed by atoms with Crippen molar-refractivity contribution < 1.29 is 18.0 Å². The van der Waals surface area contributed by atoms with Crippen LogP contribution in [0.15, 0.2) is 59.9 Å². The molecule has 0 amide bonds. The molecule has 0 bridgehead atoms. The summed E-state index contributed by atoms with van der Waals surface area (Å²) >= 11 is 0. The number of hydrogen-bond acceptors (Lipinski definition) is 6. The number of nitrogens with two attached hydrogens (primary N) is 1. The van der Waals surface area contributed by atoms with Gasteiger partial charge >= 0.3 is 6.18 Å². The first-order valence-corrected chi connectivity index (χ1v) is 10.1. The Kier molecular flexibility index (Phi) is 5.90. The number of fused-ring (bicyclic) bond motifs is 1. The lowest BCUT2D eigenvalue weighted by Crippen LogP contribution is -2.42. The van der Waals surface area contributed by atoms with Gasteiger partial charge in [0.15, 0.2) is 0 Å². The van der Waals surface area contributed by atoms with Crippen LogP contribution < -0.4 is 16.3 Å². The predicted octanol–water partition coefficient (Wildman–Crippen LogP) is 4.46. The number of imidazole rings is 1. The maximum atomic E-state index is 14.1. The van der Waals surface area contributed by atoms with E-state index in [9.17, 15) is 13.2 Å². The average molecular weight is 444 g/mol. The van der Waals surface area contributed by atoms with E-state index in [1.165, 1.54) is 28.1 Å². The third kappa shape index (κ3) is 4.32. The topological polar surface area (TPSA) is 80.7 Å². The maximum Gasteiger partial charge on any atom is 0.418 e. The SMILES string of the molecule is CC(C)c1nccn1-c1cc2c(cc1C(F)(F)F)N(OCc1ccccc1)CC(NN)=N2. The van der Waals surface area contributed by atoms with Crippen LogP contribution in [0.1, 0.15) is 36.7 Å². The Morgan fingerprint density at radius 3 is 2.56 bits per heavy atom. The Morgan fingerprint density at radius 2 is 1.91 bits per heavy atom. The van der Waals surface area contributed by atoms with Gasteiger partial charge in [-0.25, -0.2) is 20.9 Å². The van der Waals surface area contributed by atoms with Crippen molar-refractivity contribution in [1.82, 2.24) is 15.0 Å². The lowest BCUT2D eigenvalue weighted by molar-refractivity contribution is -0.137. The molecular weight excluding hydrogens is 421 g/mol. The minimum absolute atomic E-state index is 0.0533. The highest BCUT2D eigenvalue weighted by molar-refractivity contribution is 5.94. The minimum Gasteiger partial charge on any atom is -0.310 e. The van der Waals surface area contributed by atoms with Crippen molar-refractivity contribution in [2.45, 2.75) is 32.5 Å². The van der Waals surface area contributed by atoms with Gasteiger partial charge in [0, 0.05) is 18.3 Å². The van der Waals surface area contributed by atoms with E-state index in [0.29, 0.717) is 17.3 Å². The van der Waals surface area contributed by atoms with E-state index in [-0.39, 0.29) is 30.4 Å². The number of hydrazine groups is 1. The number of benzene rings is 2. The molecule has 1 aliphatic heterocycles. The van der Waals surface area contributed by atoms with Crippen molar-refractivity contribution in [2.24, 2.45) is 10.8 Å². The zero-order chi connectivity index (χ0) is 22.9. The molecule has 0 unspecified atom stereocenters. The summed E-state index contributed by atoms with van der Waals surface area (Å²) in [5.41, 5.74) is 3.03. The molecular formula is C22H23F3N6O. The second kappa shape index (κ2) is 8.64. The molecule has 7 nitrogen and oxygen atoms in total. The summed E-state index contributed by atoms with van der Waals surface area (Å²) in [5, 5.41) is 1.38. The fourth-order valence-electron chi connectivity index (χ4n) is 3.55. The summed E-state index contributed by atoms with van der Waals surface area (Å²) in [6.45, 7) is 4.01. The quantitative estimate of drug-likeness (QED) is 0.449. The molecule has 168 valence electrons. The minimum atomic E-state index is -4.59. The summed E-state index contributed by atoms with van der Waals surface area (Å²) in [6, 6.07) is 11.8. The molecule has 0 aliphatic carbocycles. The van der Waals surface area contributed by atoms with Crippen molar-refractivity contribution >= 4 is 17.2 Å². The normalized spacial score (nSPS) is 13.8. The van der Waals surface area contributed by atoms with E-state index < -0.39 is 11.7 Å². The van der Waals surface area contributed by atoms with E-state index in [4.69, 9.17) is 10.7 Å². The van der Waals surface area contributed by atoms with Crippen LogP contribution in [-0.4, -0.2) is 21.9 Å². The summed E-state index contributed by atoms with van der Waals surface area (Å²) < 4.78 is 43.8. The lowest BCUT2D eigenvalue weighted by atomic mass is 10.1. The van der Waals surface area contributed by atoms with Gasteiger partial charge in [-0.3, -0.25) is 4.84 Å². The summed E-state index contributed by atoms with van der Waals surface area (Å²) in [4.78, 5) is 14.5. The maximum absolute atomic E-state index is 14.1. The molecule has 3 aromatic rings. The van der Waals surface area contributed by atoms with E-state index >= 15 is 0 Å². The largest absolute Gasteiger partial charge is 0.418 e. The van der Waals surface area contributed by atoms with Gasteiger partial charge in [-0.1, -0.05) is 44.2 Å². The predicted molar refractivity (Wildman–Crippen MR) is 116 cm³/mol. The fourth-order valence-corrected chi connectivity index (χ4v) is 3.55. The van der Waals surface area contributed by atoms with Crippen LogP contribution in [0.5, 0.6) is 0 Å². The first kappa shape index (κ1) is 21.8. The van der Waals surface area contributed by atoms with Gasteiger partial charge in [-0.2, -0.15) is 13.2 Å². The van der Waals surface area contributed by atoms with Gasteiger partial charge in [0.2, 0.25) is 0 Å². The van der Waals surface area contributed by atoms with E-state index in [1.807, 2.05) is 44.2 Å². The number of nitrogens with one attached hydrogen (secondary N) is 1. The molecule has 10 heteroatoms. The molecule has 0 saturated carbocycles. The number of hydroxylamine groups is 1. The zero-order valence-corrected chi connectivity index (χ0v) is 17.6. The number of aromatic nitrogens is 2. The van der Waals surface area contributed by atoms with Crippen molar-refractivity contribution in [3.63, 3.8) is 0 Å². The fraction of sp³-hybridized carbons (Fsp3) is 0.273. The Hall–Kier alpha value is -3.37. The van der Waals surface area contributed by atoms with Crippen LogP contribution in [0.4, 0.5) is 24.5 Å². The Bertz CT molecular complexity index is 1120. The highest BCUT2D eigenvalue weighted by atomic mass is 19.4. The molecule has 32 heavy (non-hydrogen) atoms. The number of rotatable bonds is 5. The average Bonchev–Trinajstić information content (AvgIpc) is 3.26. The number of hydrogen-bond donors (Lipinski definition) is 2. The van der Waals surface area contributed by atoms with Gasteiger partial charge in [-0.05, 0) is 17.7 Å². The van der Waals surface area contributed by atoms with Crippen molar-refractivity contribution in [1.29, 1.82) is 0 Å². The lowest BCUT2D eigenvalue weighted by Gasteiger charge is -2.30. The summed E-state index contributed by atoms with van der Waals surface area (Å²) in [6.07, 6.45) is -1.59. The van der Waals surface area contributed by atoms with E-state index in [0.717, 1.165) is 11.6 Å². The number of amidine groups is 1. The smallest absolute Gasteiger partial charge is 0.310 e. The van der Waals surface area contributed by atoms with Gasteiger partial charge < -0.3 is 9.99 Å². The van der Waals surface area contributed by atoms with Gasteiger partial charge in [-0.15, -0.1) is 0 Å². The Labute approximate surface area is 183 Å². The third-order valence-electron chi connectivity index (χ3n) is 5.06. The molecule has 1 aromatic heterocycles. The molecule has 1 aliphatic rings. The van der Waals surface area contributed by atoms with Gasteiger partial charge in [0.25, 0.3) is 0 Å². The third-order valence-corrected chi connectivity index (χ3v) is 5.06. The molecule has 4 rings (SSSR count). The first-order chi connectivity index (χ1) is 15.3. The van der Waals surface area contributed by atoms with E-state index in [2.05, 4.69) is 15.4 Å². The van der Waals surface area contributed by atoms with Crippen LogP contribution in [0.2, 0.25) is 0 Å². The zero-order valence-electron chi connectivity index (χ0n) is 17.6. The highest BCUT2D eigenvalue weighted by Gasteiger charge is 2.37. The van der Waals surface area contributed by atoms with Crippen molar-refractivity contribution in [3.8, 4) is 5.69 Å². The molecule has 3 N–H and O–H groups in total. The van der Waals surface area contributed by atoms with Gasteiger partial charge in [0.05, 0.1) is 29.2 Å². The first-order valence-electron chi connectivity index (χ1n) is 10.1. The van der Waals surface area contributed by atoms with Gasteiger partial charge in [0.1, 0.15) is 18.2 Å². The summed E-state index contributed by atoms with van der Waals surface area (Å²) in [5.74, 6) is 6.38. The van der Waals surface area contributed by atoms with Crippen LogP contribution >= 0.6 is 0 Å². The van der Waals surface area contributed by atoms with Crippen LogP contribution in [-0.2, 0) is 17.6 Å². The second-order valence-electron chi connectivity index (χ2n) is 7.66. The van der Waals surface area contributed by atoms with Crippen LogP contribution in [0, 0.1) is 0 Å². The standard InChI is InChI=1S/C22H23F3N6O/c1-14(2)21-27-8-9-30(21)18-11-17-19(10-16(18)22(23,24)25)31(12-20(28-17)29-26)32-13-15-6-4-3-5-7-15/h3-11,14H,12-13,26H2,1-2H3,(H,28,29). The number of nitrogens with zero attached hydrogens (tertiary/aromatic N) is 4. The number of anilines is 1. The molecule has 2 aromatic carbocycles. The molecule has 0 saturated heterocycles. The monoisotopic (exact) mass is 444 g/mol. The van der Waals surface area contributed by atoms with Crippen molar-refractivity contribution in [3.05, 3.63) is 71.8 Å². The van der Waals surface area contributed by atoms with Crippen molar-refractivity contribution in [2.75, 3.05) is 11.6 Å². The van der Waals surface area contributed by atoms with Crippen LogP contribution in [0.25, 0.3) is 5.69 Å². The highest BCUT2D eigenvalue weighted by Crippen LogP contribution is 2.43. The Morgan fingerprint density at radius 1 is 1.16 bits per heavy atom. The van der Waals surface area contributed by atoms with E-state index in [1.54, 1.807) is 0 Å². The molecule has 0 atom stereocenters. The second-order valence-corrected chi connectivity index (χ2v) is 7.66. The molecule has 2 heterocycles. The number of alkyl halides is 3. The Balaban J connectivity index is 1.81. The molecule has 0 radical (unpaired) electrons. The van der Waals surface area contributed by atoms with Crippen LogP contribution in [0.3, 0.4) is 0 Å². The number of halogens is 3. The number of aliphatic imine (C=N–C) groups is 1. The molecule has 0 spiro atoms. The summed E-state index contributed by atoms with van der Waals surface area (Å²) in [7, 11) is 0.